The van der Waals surface area contributed by atoms with E-state index in [4.69, 9.17) is 0 Å². The standard InChI is InChI=1S/C14H18O5/c1-6(2)10-8(13(16)17)5-9(15)11(7(3)4)12(10)14(18)19/h5-7,15H,1-4H3,(H,16,17)(H,18,19). The van der Waals surface area contributed by atoms with Crippen LogP contribution in [0.15, 0.2) is 6.07 Å². The normalized spacial score (nSPS) is 11.1. The van der Waals surface area contributed by atoms with E-state index in [1.54, 1.807) is 27.7 Å². The lowest BCUT2D eigenvalue weighted by Crippen LogP contribution is -2.15. The highest BCUT2D eigenvalue weighted by Gasteiger charge is 2.28. The van der Waals surface area contributed by atoms with E-state index in [2.05, 4.69) is 0 Å². The lowest BCUT2D eigenvalue weighted by atomic mass is 9.84. The topological polar surface area (TPSA) is 94.8 Å². The fourth-order valence-electron chi connectivity index (χ4n) is 2.29. The Kier molecular flexibility index (Phi) is 4.19. The number of carboxylic acids is 2. The van der Waals surface area contributed by atoms with E-state index in [1.165, 1.54) is 0 Å². The number of phenols is 1. The Bertz CT molecular complexity index is 529. The molecule has 1 aromatic carbocycles. The van der Waals surface area contributed by atoms with Crippen molar-refractivity contribution in [2.75, 3.05) is 0 Å². The molecule has 0 atom stereocenters. The average molecular weight is 266 g/mol. The number of phenolic OH excluding ortho intramolecular Hbond substituents is 1. The first kappa shape index (κ1) is 15.0. The van der Waals surface area contributed by atoms with Gasteiger partial charge in [-0.05, 0) is 23.5 Å². The Hall–Kier alpha value is -2.04. The van der Waals surface area contributed by atoms with Crippen molar-refractivity contribution in [2.45, 2.75) is 39.5 Å². The maximum absolute atomic E-state index is 11.5. The van der Waals surface area contributed by atoms with Crippen LogP contribution in [-0.2, 0) is 0 Å². The van der Waals surface area contributed by atoms with Gasteiger partial charge in [0.15, 0.2) is 0 Å². The summed E-state index contributed by atoms with van der Waals surface area (Å²) < 4.78 is 0. The minimum absolute atomic E-state index is 0.0950. The Morgan fingerprint density at radius 3 is 1.74 bits per heavy atom. The minimum Gasteiger partial charge on any atom is -0.508 e. The molecule has 3 N–H and O–H groups in total. The van der Waals surface area contributed by atoms with Crippen LogP contribution in [-0.4, -0.2) is 27.3 Å². The van der Waals surface area contributed by atoms with Crippen LogP contribution >= 0.6 is 0 Å². The van der Waals surface area contributed by atoms with Gasteiger partial charge in [0.2, 0.25) is 0 Å². The molecular weight excluding hydrogens is 248 g/mol. The van der Waals surface area contributed by atoms with Gasteiger partial charge in [0.05, 0.1) is 11.1 Å². The highest BCUT2D eigenvalue weighted by Crippen LogP contribution is 2.37. The summed E-state index contributed by atoms with van der Waals surface area (Å²) in [5, 5.41) is 28.5. The summed E-state index contributed by atoms with van der Waals surface area (Å²) in [5.74, 6) is -3.22. The Morgan fingerprint density at radius 2 is 1.42 bits per heavy atom. The highest BCUT2D eigenvalue weighted by atomic mass is 16.4. The zero-order valence-corrected chi connectivity index (χ0v) is 11.4. The van der Waals surface area contributed by atoms with Crippen molar-refractivity contribution in [3.05, 3.63) is 28.3 Å². The van der Waals surface area contributed by atoms with Crippen LogP contribution in [0.1, 0.15) is 71.4 Å². The molecule has 0 unspecified atom stereocenters. The second-order valence-corrected chi connectivity index (χ2v) is 5.07. The first-order valence-electron chi connectivity index (χ1n) is 6.04. The fraction of sp³-hybridized carbons (Fsp3) is 0.429. The number of carbonyl (C=O) groups is 2. The Morgan fingerprint density at radius 1 is 0.947 bits per heavy atom. The second-order valence-electron chi connectivity index (χ2n) is 5.07. The van der Waals surface area contributed by atoms with E-state index in [0.29, 0.717) is 0 Å². The first-order valence-corrected chi connectivity index (χ1v) is 6.04. The van der Waals surface area contributed by atoms with E-state index in [1.807, 2.05) is 0 Å². The largest absolute Gasteiger partial charge is 0.508 e. The highest BCUT2D eigenvalue weighted by molar-refractivity contribution is 5.99. The number of hydrogen-bond donors (Lipinski definition) is 3. The smallest absolute Gasteiger partial charge is 0.336 e. The summed E-state index contributed by atoms with van der Waals surface area (Å²) in [6.07, 6.45) is 0. The van der Waals surface area contributed by atoms with Crippen LogP contribution in [0.2, 0.25) is 0 Å². The van der Waals surface area contributed by atoms with Crippen molar-refractivity contribution < 1.29 is 24.9 Å². The lowest BCUT2D eigenvalue weighted by molar-refractivity contribution is 0.0692. The molecule has 0 bridgehead atoms. The predicted molar refractivity (Wildman–Crippen MR) is 70.2 cm³/mol. The van der Waals surface area contributed by atoms with Gasteiger partial charge in [-0.3, -0.25) is 0 Å². The van der Waals surface area contributed by atoms with Gasteiger partial charge in [0.25, 0.3) is 0 Å². The average Bonchev–Trinajstić information content (AvgIpc) is 2.25. The molecule has 0 aliphatic rings. The van der Waals surface area contributed by atoms with Crippen LogP contribution in [0.5, 0.6) is 5.75 Å². The third-order valence-electron chi connectivity index (χ3n) is 2.98. The molecule has 5 nitrogen and oxygen atoms in total. The van der Waals surface area contributed by atoms with Gasteiger partial charge in [-0.2, -0.15) is 0 Å². The molecule has 19 heavy (non-hydrogen) atoms. The molecule has 5 heteroatoms. The summed E-state index contributed by atoms with van der Waals surface area (Å²) in [7, 11) is 0. The minimum atomic E-state index is -1.24. The van der Waals surface area contributed by atoms with Crippen LogP contribution in [0, 0.1) is 0 Å². The van der Waals surface area contributed by atoms with Gasteiger partial charge in [-0.15, -0.1) is 0 Å². The van der Waals surface area contributed by atoms with Gasteiger partial charge < -0.3 is 15.3 Å². The molecule has 0 aliphatic carbocycles. The molecule has 0 saturated carbocycles. The summed E-state index contributed by atoms with van der Waals surface area (Å²) in [4.78, 5) is 22.7. The molecule has 1 rings (SSSR count). The second kappa shape index (κ2) is 5.30. The number of rotatable bonds is 4. The molecular formula is C14H18O5. The molecule has 0 heterocycles. The number of carboxylic acid groups (broad SMARTS) is 2. The molecule has 0 radical (unpaired) electrons. The number of benzene rings is 1. The van der Waals surface area contributed by atoms with Crippen molar-refractivity contribution >= 4 is 11.9 Å². The van der Waals surface area contributed by atoms with Gasteiger partial charge >= 0.3 is 11.9 Å². The zero-order chi connectivity index (χ0) is 14.9. The molecule has 0 aliphatic heterocycles. The maximum Gasteiger partial charge on any atom is 0.336 e. The molecule has 0 fully saturated rings. The van der Waals surface area contributed by atoms with Crippen LogP contribution in [0.3, 0.4) is 0 Å². The van der Waals surface area contributed by atoms with Gasteiger partial charge in [0, 0.05) is 5.56 Å². The van der Waals surface area contributed by atoms with Crippen molar-refractivity contribution in [1.82, 2.24) is 0 Å². The summed E-state index contributed by atoms with van der Waals surface area (Å²) in [6.45, 7) is 6.98. The van der Waals surface area contributed by atoms with Crippen molar-refractivity contribution in [1.29, 1.82) is 0 Å². The fourth-order valence-corrected chi connectivity index (χ4v) is 2.29. The Labute approximate surface area is 111 Å². The SMILES string of the molecule is CC(C)c1c(O)cc(C(=O)O)c(C(C)C)c1C(=O)O. The monoisotopic (exact) mass is 266 g/mol. The number of aromatic carboxylic acids is 2. The van der Waals surface area contributed by atoms with Gasteiger partial charge in [0.1, 0.15) is 5.75 Å². The Balaban J connectivity index is 3.87. The van der Waals surface area contributed by atoms with E-state index >= 15 is 0 Å². The van der Waals surface area contributed by atoms with Crippen molar-refractivity contribution in [2.24, 2.45) is 0 Å². The van der Waals surface area contributed by atoms with Crippen molar-refractivity contribution in [3.8, 4) is 5.75 Å². The molecule has 0 saturated heterocycles. The van der Waals surface area contributed by atoms with Crippen LogP contribution in [0.25, 0.3) is 0 Å². The van der Waals surface area contributed by atoms with Gasteiger partial charge in [-0.25, -0.2) is 9.59 Å². The predicted octanol–water partition coefficient (Wildman–Crippen LogP) is 3.04. The number of aromatic hydroxyl groups is 1. The third-order valence-corrected chi connectivity index (χ3v) is 2.98. The van der Waals surface area contributed by atoms with E-state index < -0.39 is 11.9 Å². The molecule has 0 aromatic heterocycles. The van der Waals surface area contributed by atoms with Crippen LogP contribution < -0.4 is 0 Å². The zero-order valence-electron chi connectivity index (χ0n) is 11.4. The lowest BCUT2D eigenvalue weighted by Gasteiger charge is -2.20. The van der Waals surface area contributed by atoms with Crippen molar-refractivity contribution in [3.63, 3.8) is 0 Å². The van der Waals surface area contributed by atoms with E-state index in [-0.39, 0.29) is 39.8 Å². The molecule has 104 valence electrons. The quantitative estimate of drug-likeness (QED) is 0.778. The number of hydrogen-bond acceptors (Lipinski definition) is 3. The van der Waals surface area contributed by atoms with E-state index in [9.17, 15) is 24.9 Å². The molecule has 0 amide bonds. The molecule has 0 spiro atoms. The summed E-state index contributed by atoms with van der Waals surface area (Å²) >= 11 is 0. The van der Waals surface area contributed by atoms with E-state index in [0.717, 1.165) is 6.07 Å². The van der Waals surface area contributed by atoms with Gasteiger partial charge in [-0.1, -0.05) is 27.7 Å². The maximum atomic E-state index is 11.5. The first-order chi connectivity index (χ1) is 8.68. The van der Waals surface area contributed by atoms with Crippen LogP contribution in [0.4, 0.5) is 0 Å². The summed E-state index contributed by atoms with van der Waals surface area (Å²) in [5.41, 5.74) is 0.277. The summed E-state index contributed by atoms with van der Waals surface area (Å²) in [6, 6.07) is 1.14. The molecule has 1 aromatic rings. The third kappa shape index (κ3) is 2.70.